The molecule has 0 bridgehead atoms. The number of rotatable bonds is 6. The van der Waals surface area contributed by atoms with E-state index in [1.54, 1.807) is 0 Å². The van der Waals surface area contributed by atoms with Crippen LogP contribution in [0.2, 0.25) is 0 Å². The highest BCUT2D eigenvalue weighted by Crippen LogP contribution is 2.37. The molecule has 2 aromatic rings. The SMILES string of the molecule is CC(C)CC1C(n2cc(C(N)=O)c(Nc3ccc(F)cc3)n2)C(C#N)CCN1C(=O)O. The summed E-state index contributed by atoms with van der Waals surface area (Å²) in [5.74, 6) is -1.29. The Morgan fingerprint density at radius 1 is 1.39 bits per heavy atom. The quantitative estimate of drug-likeness (QED) is 0.645. The molecule has 0 aliphatic carbocycles. The number of primary amides is 1. The summed E-state index contributed by atoms with van der Waals surface area (Å²) >= 11 is 0. The zero-order chi connectivity index (χ0) is 22.7. The molecule has 2 heterocycles. The molecule has 0 saturated carbocycles. The van der Waals surface area contributed by atoms with Gasteiger partial charge in [-0.2, -0.15) is 10.4 Å². The highest BCUT2D eigenvalue weighted by atomic mass is 19.1. The molecule has 0 radical (unpaired) electrons. The molecule has 31 heavy (non-hydrogen) atoms. The topological polar surface area (TPSA) is 137 Å². The summed E-state index contributed by atoms with van der Waals surface area (Å²) in [7, 11) is 0. The van der Waals surface area contributed by atoms with Crippen LogP contribution in [0.25, 0.3) is 0 Å². The zero-order valence-corrected chi connectivity index (χ0v) is 17.3. The summed E-state index contributed by atoms with van der Waals surface area (Å²) < 4.78 is 14.7. The minimum absolute atomic E-state index is 0.0942. The largest absolute Gasteiger partial charge is 0.465 e. The van der Waals surface area contributed by atoms with E-state index in [4.69, 9.17) is 5.73 Å². The van der Waals surface area contributed by atoms with Crippen LogP contribution >= 0.6 is 0 Å². The fourth-order valence-corrected chi connectivity index (χ4v) is 4.04. The minimum atomic E-state index is -1.06. The van der Waals surface area contributed by atoms with E-state index >= 15 is 0 Å². The van der Waals surface area contributed by atoms with Crippen molar-refractivity contribution < 1.29 is 19.1 Å². The number of hydrogen-bond donors (Lipinski definition) is 3. The van der Waals surface area contributed by atoms with Crippen LogP contribution in [0.3, 0.4) is 0 Å². The molecule has 3 unspecified atom stereocenters. The number of nitriles is 1. The van der Waals surface area contributed by atoms with Crippen LogP contribution in [-0.2, 0) is 0 Å². The molecule has 1 fully saturated rings. The average Bonchev–Trinajstić information content (AvgIpc) is 3.12. The van der Waals surface area contributed by atoms with Gasteiger partial charge in [0.2, 0.25) is 0 Å². The number of amides is 2. The zero-order valence-electron chi connectivity index (χ0n) is 17.3. The first kappa shape index (κ1) is 22.1. The van der Waals surface area contributed by atoms with E-state index in [-0.39, 0.29) is 23.8 Å². The molecule has 164 valence electrons. The Bertz CT molecular complexity index is 998. The summed E-state index contributed by atoms with van der Waals surface area (Å²) in [4.78, 5) is 25.3. The Morgan fingerprint density at radius 2 is 2.06 bits per heavy atom. The van der Waals surface area contributed by atoms with Crippen LogP contribution in [0.1, 0.15) is 43.1 Å². The van der Waals surface area contributed by atoms with Gasteiger partial charge in [0.15, 0.2) is 5.82 Å². The van der Waals surface area contributed by atoms with Crippen molar-refractivity contribution >= 4 is 23.5 Å². The molecule has 10 heteroatoms. The number of aromatic nitrogens is 2. The van der Waals surface area contributed by atoms with E-state index in [2.05, 4.69) is 16.5 Å². The van der Waals surface area contributed by atoms with Crippen LogP contribution in [0.15, 0.2) is 30.5 Å². The highest BCUT2D eigenvalue weighted by Gasteiger charge is 2.42. The van der Waals surface area contributed by atoms with Crippen molar-refractivity contribution in [2.75, 3.05) is 11.9 Å². The number of nitrogens with zero attached hydrogens (tertiary/aromatic N) is 4. The molecule has 1 aliphatic heterocycles. The van der Waals surface area contributed by atoms with Crippen molar-refractivity contribution in [3.63, 3.8) is 0 Å². The summed E-state index contributed by atoms with van der Waals surface area (Å²) in [5.41, 5.74) is 6.13. The Balaban J connectivity index is 2.04. The number of piperidine rings is 1. The molecule has 1 aliphatic rings. The molecule has 3 atom stereocenters. The maximum atomic E-state index is 13.2. The van der Waals surface area contributed by atoms with Crippen molar-refractivity contribution in [2.45, 2.75) is 38.8 Å². The Morgan fingerprint density at radius 3 is 2.61 bits per heavy atom. The average molecular weight is 428 g/mol. The van der Waals surface area contributed by atoms with Gasteiger partial charge in [0.05, 0.1) is 24.1 Å². The van der Waals surface area contributed by atoms with Gasteiger partial charge in [-0.15, -0.1) is 0 Å². The third kappa shape index (κ3) is 4.77. The smallest absolute Gasteiger partial charge is 0.407 e. The maximum Gasteiger partial charge on any atom is 0.407 e. The van der Waals surface area contributed by atoms with Crippen LogP contribution < -0.4 is 11.1 Å². The molecule has 4 N–H and O–H groups in total. The predicted molar refractivity (Wildman–Crippen MR) is 111 cm³/mol. The monoisotopic (exact) mass is 428 g/mol. The number of nitrogens with two attached hydrogens (primary N) is 1. The first-order valence-corrected chi connectivity index (χ1v) is 10.0. The second-order valence-corrected chi connectivity index (χ2v) is 8.06. The van der Waals surface area contributed by atoms with E-state index in [1.807, 2.05) is 13.8 Å². The highest BCUT2D eigenvalue weighted by molar-refractivity contribution is 5.98. The second-order valence-electron chi connectivity index (χ2n) is 8.06. The van der Waals surface area contributed by atoms with Gasteiger partial charge < -0.3 is 21.1 Å². The molecule has 0 spiro atoms. The predicted octanol–water partition coefficient (Wildman–Crippen LogP) is 3.34. The normalized spacial score (nSPS) is 21.0. The lowest BCUT2D eigenvalue weighted by atomic mass is 9.83. The molecular formula is C21H25FN6O3. The van der Waals surface area contributed by atoms with E-state index < -0.39 is 35.8 Å². The van der Waals surface area contributed by atoms with E-state index in [1.165, 1.54) is 40.0 Å². The molecule has 1 saturated heterocycles. The van der Waals surface area contributed by atoms with Gasteiger partial charge in [0.1, 0.15) is 11.4 Å². The molecule has 1 aromatic carbocycles. The lowest BCUT2D eigenvalue weighted by Crippen LogP contribution is -2.52. The fourth-order valence-electron chi connectivity index (χ4n) is 4.04. The van der Waals surface area contributed by atoms with Crippen molar-refractivity contribution in [3.8, 4) is 6.07 Å². The molecule has 9 nitrogen and oxygen atoms in total. The number of halogens is 1. The van der Waals surface area contributed by atoms with Crippen molar-refractivity contribution in [1.29, 1.82) is 5.26 Å². The standard InChI is InChI=1S/C21H25FN6O3/c1-12(2)9-17-18(13(10-23)7-8-27(17)21(30)31)28-11-16(19(24)29)20(26-28)25-15-5-3-14(22)4-6-15/h3-6,11-13,17-18H,7-9H2,1-2H3,(H2,24,29)(H,25,26)(H,30,31). The Kier molecular flexibility index (Phi) is 6.44. The van der Waals surface area contributed by atoms with E-state index in [0.29, 0.717) is 18.5 Å². The van der Waals surface area contributed by atoms with Crippen LogP contribution in [0, 0.1) is 29.0 Å². The van der Waals surface area contributed by atoms with Gasteiger partial charge in [-0.1, -0.05) is 13.8 Å². The lowest BCUT2D eigenvalue weighted by Gasteiger charge is -2.42. The van der Waals surface area contributed by atoms with Crippen molar-refractivity contribution in [3.05, 3.63) is 41.8 Å². The third-order valence-electron chi connectivity index (χ3n) is 5.42. The first-order valence-electron chi connectivity index (χ1n) is 10.0. The number of carbonyl (C=O) groups excluding carboxylic acids is 1. The van der Waals surface area contributed by atoms with Gasteiger partial charge in [-0.05, 0) is 43.0 Å². The molecule has 1 aromatic heterocycles. The number of nitrogens with one attached hydrogen (secondary N) is 1. The van der Waals surface area contributed by atoms with Crippen molar-refractivity contribution in [1.82, 2.24) is 14.7 Å². The first-order chi connectivity index (χ1) is 14.7. The van der Waals surface area contributed by atoms with Gasteiger partial charge in [0, 0.05) is 18.4 Å². The third-order valence-corrected chi connectivity index (χ3v) is 5.42. The molecule has 3 rings (SSSR count). The molecule has 2 amide bonds. The van der Waals surface area contributed by atoms with Gasteiger partial charge in [0.25, 0.3) is 5.91 Å². The van der Waals surface area contributed by atoms with Crippen LogP contribution in [0.4, 0.5) is 20.7 Å². The minimum Gasteiger partial charge on any atom is -0.465 e. The second kappa shape index (κ2) is 9.04. The number of benzene rings is 1. The van der Waals surface area contributed by atoms with Gasteiger partial charge in [-0.25, -0.2) is 9.18 Å². The number of carboxylic acid groups (broad SMARTS) is 1. The summed E-state index contributed by atoms with van der Waals surface area (Å²) in [6.45, 7) is 4.21. The Labute approximate surface area is 179 Å². The van der Waals surface area contributed by atoms with Crippen molar-refractivity contribution in [2.24, 2.45) is 17.6 Å². The number of likely N-dealkylation sites (tertiary alicyclic amines) is 1. The Hall–Kier alpha value is -3.61. The summed E-state index contributed by atoms with van der Waals surface area (Å²) in [6, 6.07) is 6.71. The van der Waals surface area contributed by atoms with Crippen LogP contribution in [0.5, 0.6) is 0 Å². The number of hydrogen-bond acceptors (Lipinski definition) is 5. The van der Waals surface area contributed by atoms with Gasteiger partial charge in [-0.3, -0.25) is 9.48 Å². The van der Waals surface area contributed by atoms with E-state index in [9.17, 15) is 24.3 Å². The van der Waals surface area contributed by atoms with Crippen LogP contribution in [-0.4, -0.2) is 44.4 Å². The van der Waals surface area contributed by atoms with Gasteiger partial charge >= 0.3 is 6.09 Å². The summed E-state index contributed by atoms with van der Waals surface area (Å²) in [5, 5.41) is 26.9. The molecular weight excluding hydrogens is 403 g/mol. The van der Waals surface area contributed by atoms with E-state index in [0.717, 1.165) is 0 Å². The fraction of sp³-hybridized carbons (Fsp3) is 0.429. The number of carbonyl (C=O) groups is 2. The summed E-state index contributed by atoms with van der Waals surface area (Å²) in [6.07, 6.45) is 1.27. The number of anilines is 2. The lowest BCUT2D eigenvalue weighted by molar-refractivity contribution is 0.0520. The maximum absolute atomic E-state index is 13.2.